The van der Waals surface area contributed by atoms with E-state index in [0.717, 1.165) is 5.56 Å². The van der Waals surface area contributed by atoms with Gasteiger partial charge in [0.15, 0.2) is 6.79 Å². The lowest BCUT2D eigenvalue weighted by Gasteiger charge is -2.13. The summed E-state index contributed by atoms with van der Waals surface area (Å²) in [7, 11) is 2.86. The van der Waals surface area contributed by atoms with Crippen molar-refractivity contribution in [1.29, 1.82) is 5.26 Å². The number of nitrogens with two attached hydrogens (primary N) is 1. The molecule has 2 aromatic carbocycles. The number of methoxy groups -OCH3 is 2. The molecule has 1 aromatic heterocycles. The lowest BCUT2D eigenvalue weighted by atomic mass is 9.97. The predicted octanol–water partition coefficient (Wildman–Crippen LogP) is 3.64. The summed E-state index contributed by atoms with van der Waals surface area (Å²) < 4.78 is 15.3. The number of ether oxygens (including phenoxy) is 3. The fourth-order valence-electron chi connectivity index (χ4n) is 2.88. The van der Waals surface area contributed by atoms with Crippen LogP contribution in [0.3, 0.4) is 0 Å². The number of rotatable bonds is 6. The zero-order chi connectivity index (χ0) is 20.8. The molecule has 1 heterocycles. The third-order valence-corrected chi connectivity index (χ3v) is 4.27. The summed E-state index contributed by atoms with van der Waals surface area (Å²) in [6, 6.07) is 18.0. The van der Waals surface area contributed by atoms with E-state index in [0.29, 0.717) is 28.1 Å². The number of nitrogen functional groups attached to an aromatic ring is 1. The molecule has 0 aliphatic carbocycles. The van der Waals surface area contributed by atoms with E-state index in [1.165, 1.54) is 14.2 Å². The quantitative estimate of drug-likeness (QED) is 0.506. The zero-order valence-electron chi connectivity index (χ0n) is 16.0. The van der Waals surface area contributed by atoms with Crippen LogP contribution in [0.4, 0.5) is 5.82 Å². The highest BCUT2D eigenvalue weighted by atomic mass is 16.7. The molecule has 0 amide bonds. The minimum Gasteiger partial charge on any atom is -0.467 e. The third-order valence-electron chi connectivity index (χ3n) is 4.27. The number of para-hydroxylation sites is 1. The Hall–Kier alpha value is -3.89. The Kier molecular flexibility index (Phi) is 6.07. The lowest BCUT2D eigenvalue weighted by Crippen LogP contribution is -2.03. The van der Waals surface area contributed by atoms with Crippen LogP contribution in [-0.4, -0.2) is 32.0 Å². The summed E-state index contributed by atoms with van der Waals surface area (Å²) in [4.78, 5) is 16.1. The van der Waals surface area contributed by atoms with Gasteiger partial charge in [-0.25, -0.2) is 9.78 Å². The van der Waals surface area contributed by atoms with Crippen molar-refractivity contribution >= 4 is 11.8 Å². The van der Waals surface area contributed by atoms with Gasteiger partial charge in [-0.2, -0.15) is 5.26 Å². The Labute approximate surface area is 168 Å². The second kappa shape index (κ2) is 8.87. The fourth-order valence-corrected chi connectivity index (χ4v) is 2.88. The monoisotopic (exact) mass is 389 g/mol. The molecule has 3 rings (SSSR count). The first-order chi connectivity index (χ1) is 14.1. The van der Waals surface area contributed by atoms with Gasteiger partial charge in [-0.05, 0) is 35.9 Å². The van der Waals surface area contributed by atoms with Crippen molar-refractivity contribution in [2.45, 2.75) is 0 Å². The first-order valence-electron chi connectivity index (χ1n) is 8.69. The molecule has 0 saturated carbocycles. The molecule has 2 N–H and O–H groups in total. The normalized spacial score (nSPS) is 10.2. The van der Waals surface area contributed by atoms with Gasteiger partial charge >= 0.3 is 5.97 Å². The standard InChI is InChI=1S/C22H19N3O4/c1-27-13-29-20-6-4-3-5-16(20)19-11-17(18(12-23)21(24)25-19)14-7-9-15(10-8-14)22(26)28-2/h3-11H,13H2,1-2H3,(H2,24,25). The van der Waals surface area contributed by atoms with Gasteiger partial charge in [0.1, 0.15) is 23.2 Å². The Morgan fingerprint density at radius 2 is 1.83 bits per heavy atom. The Morgan fingerprint density at radius 3 is 2.48 bits per heavy atom. The van der Waals surface area contributed by atoms with Gasteiger partial charge in [0.2, 0.25) is 0 Å². The molecule has 0 atom stereocenters. The van der Waals surface area contributed by atoms with E-state index in [1.807, 2.05) is 18.2 Å². The van der Waals surface area contributed by atoms with E-state index in [2.05, 4.69) is 11.1 Å². The molecule has 7 nitrogen and oxygen atoms in total. The number of nitrogens with zero attached hydrogens (tertiary/aromatic N) is 2. The number of aromatic nitrogens is 1. The number of anilines is 1. The molecular weight excluding hydrogens is 370 g/mol. The number of carbonyl (C=O) groups excluding carboxylic acids is 1. The number of nitriles is 1. The number of esters is 1. The zero-order valence-corrected chi connectivity index (χ0v) is 16.0. The van der Waals surface area contributed by atoms with Crippen molar-refractivity contribution in [2.75, 3.05) is 26.7 Å². The molecule has 0 aliphatic heterocycles. The van der Waals surface area contributed by atoms with Crippen LogP contribution >= 0.6 is 0 Å². The van der Waals surface area contributed by atoms with E-state index in [1.54, 1.807) is 36.4 Å². The smallest absolute Gasteiger partial charge is 0.337 e. The summed E-state index contributed by atoms with van der Waals surface area (Å²) in [5.74, 6) is 0.257. The minimum absolute atomic E-state index is 0.0879. The number of carbonyl (C=O) groups is 1. The molecule has 0 saturated heterocycles. The van der Waals surface area contributed by atoms with Crippen molar-refractivity contribution < 1.29 is 19.0 Å². The summed E-state index contributed by atoms with van der Waals surface area (Å²) in [6.45, 7) is 0.0879. The third kappa shape index (κ3) is 4.18. The maximum atomic E-state index is 11.7. The summed E-state index contributed by atoms with van der Waals surface area (Å²) in [6.07, 6.45) is 0. The van der Waals surface area contributed by atoms with Crippen LogP contribution in [-0.2, 0) is 9.47 Å². The molecular formula is C22H19N3O4. The molecule has 0 spiro atoms. The number of pyridine rings is 1. The van der Waals surface area contributed by atoms with Gasteiger partial charge < -0.3 is 19.9 Å². The summed E-state index contributed by atoms with van der Waals surface area (Å²) in [5.41, 5.74) is 9.35. The molecule has 0 unspecified atom stereocenters. The van der Waals surface area contributed by atoms with Crippen LogP contribution in [0, 0.1) is 11.3 Å². The van der Waals surface area contributed by atoms with Crippen LogP contribution in [0.1, 0.15) is 15.9 Å². The highest BCUT2D eigenvalue weighted by Gasteiger charge is 2.16. The highest BCUT2D eigenvalue weighted by molar-refractivity contribution is 5.90. The predicted molar refractivity (Wildman–Crippen MR) is 108 cm³/mol. The second-order valence-electron chi connectivity index (χ2n) is 6.04. The van der Waals surface area contributed by atoms with Crippen molar-refractivity contribution in [2.24, 2.45) is 0 Å². The second-order valence-corrected chi connectivity index (χ2v) is 6.04. The molecule has 3 aromatic rings. The van der Waals surface area contributed by atoms with E-state index < -0.39 is 5.97 Å². The summed E-state index contributed by atoms with van der Waals surface area (Å²) in [5, 5.41) is 9.59. The van der Waals surface area contributed by atoms with Crippen molar-refractivity contribution in [1.82, 2.24) is 4.98 Å². The molecule has 0 radical (unpaired) electrons. The maximum Gasteiger partial charge on any atom is 0.337 e. The lowest BCUT2D eigenvalue weighted by molar-refractivity contribution is 0.0515. The van der Waals surface area contributed by atoms with E-state index in [4.69, 9.17) is 19.9 Å². The molecule has 29 heavy (non-hydrogen) atoms. The van der Waals surface area contributed by atoms with Gasteiger partial charge in [-0.1, -0.05) is 24.3 Å². The average molecular weight is 389 g/mol. The first-order valence-corrected chi connectivity index (χ1v) is 8.69. The Bertz CT molecular complexity index is 1070. The van der Waals surface area contributed by atoms with Crippen molar-refractivity contribution in [3.05, 3.63) is 65.7 Å². The topological polar surface area (TPSA) is 107 Å². The first kappa shape index (κ1) is 19.9. The number of hydrogen-bond acceptors (Lipinski definition) is 7. The SMILES string of the molecule is COCOc1ccccc1-c1cc(-c2ccc(C(=O)OC)cc2)c(C#N)c(N)n1. The minimum atomic E-state index is -0.434. The van der Waals surface area contributed by atoms with Gasteiger partial charge in [-0.15, -0.1) is 0 Å². The molecule has 0 aliphatic rings. The molecule has 0 fully saturated rings. The maximum absolute atomic E-state index is 11.7. The van der Waals surface area contributed by atoms with Gasteiger partial charge in [-0.3, -0.25) is 0 Å². The van der Waals surface area contributed by atoms with Crippen LogP contribution in [0.15, 0.2) is 54.6 Å². The average Bonchev–Trinajstić information content (AvgIpc) is 2.76. The molecule has 146 valence electrons. The molecule has 7 heteroatoms. The van der Waals surface area contributed by atoms with Gasteiger partial charge in [0, 0.05) is 18.2 Å². The largest absolute Gasteiger partial charge is 0.467 e. The van der Waals surface area contributed by atoms with E-state index in [-0.39, 0.29) is 18.2 Å². The van der Waals surface area contributed by atoms with Crippen LogP contribution in [0.25, 0.3) is 22.4 Å². The van der Waals surface area contributed by atoms with Gasteiger partial charge in [0.05, 0.1) is 18.4 Å². The Balaban J connectivity index is 2.12. The fraction of sp³-hybridized carbons (Fsp3) is 0.136. The molecule has 0 bridgehead atoms. The number of hydrogen-bond donors (Lipinski definition) is 1. The van der Waals surface area contributed by atoms with Gasteiger partial charge in [0.25, 0.3) is 0 Å². The van der Waals surface area contributed by atoms with E-state index >= 15 is 0 Å². The van der Waals surface area contributed by atoms with Crippen LogP contribution in [0.2, 0.25) is 0 Å². The van der Waals surface area contributed by atoms with Crippen molar-refractivity contribution in [3.63, 3.8) is 0 Å². The number of benzene rings is 2. The van der Waals surface area contributed by atoms with Crippen LogP contribution in [0.5, 0.6) is 5.75 Å². The summed E-state index contributed by atoms with van der Waals surface area (Å²) >= 11 is 0. The van der Waals surface area contributed by atoms with E-state index in [9.17, 15) is 10.1 Å². The van der Waals surface area contributed by atoms with Crippen molar-refractivity contribution in [3.8, 4) is 34.2 Å². The highest BCUT2D eigenvalue weighted by Crippen LogP contribution is 2.35. The van der Waals surface area contributed by atoms with Crippen LogP contribution < -0.4 is 10.5 Å². The Morgan fingerprint density at radius 1 is 1.10 bits per heavy atom.